The summed E-state index contributed by atoms with van der Waals surface area (Å²) in [6.07, 6.45) is 8.58. The van der Waals surface area contributed by atoms with Crippen molar-refractivity contribution in [1.82, 2.24) is 0 Å². The van der Waals surface area contributed by atoms with Crippen LogP contribution in [0.25, 0.3) is 0 Å². The molecule has 5 nitrogen and oxygen atoms in total. The Morgan fingerprint density at radius 1 is 1.13 bits per heavy atom. The van der Waals surface area contributed by atoms with E-state index in [0.717, 1.165) is 32.1 Å². The van der Waals surface area contributed by atoms with E-state index in [1.165, 1.54) is 12.7 Å². The highest BCUT2D eigenvalue weighted by atomic mass is 16.6. The van der Waals surface area contributed by atoms with Crippen LogP contribution < -0.4 is 0 Å². The third-order valence-electron chi connectivity index (χ3n) is 10.6. The van der Waals surface area contributed by atoms with Crippen molar-refractivity contribution in [3.05, 3.63) is 11.6 Å². The molecule has 1 saturated heterocycles. The largest absolute Gasteiger partial charge is 0.469 e. The van der Waals surface area contributed by atoms with Gasteiger partial charge in [-0.1, -0.05) is 19.4 Å². The van der Waals surface area contributed by atoms with Gasteiger partial charge in [-0.25, -0.2) is 0 Å². The first-order valence-corrected chi connectivity index (χ1v) is 11.8. The summed E-state index contributed by atoms with van der Waals surface area (Å²) in [5.74, 6) is 1.90. The smallest absolute Gasteiger partial charge is 0.309 e. The Labute approximate surface area is 177 Å². The lowest BCUT2D eigenvalue weighted by Crippen LogP contribution is -2.59. The third kappa shape index (κ3) is 2.07. The minimum absolute atomic E-state index is 0.00305. The molecule has 0 radical (unpaired) electrons. The lowest BCUT2D eigenvalue weighted by atomic mass is 9.43. The molecule has 9 unspecified atom stereocenters. The number of esters is 2. The Morgan fingerprint density at radius 3 is 2.63 bits per heavy atom. The zero-order chi connectivity index (χ0) is 21.1. The molecule has 5 aliphatic carbocycles. The maximum atomic E-state index is 13.0. The quantitative estimate of drug-likeness (QED) is 0.612. The summed E-state index contributed by atoms with van der Waals surface area (Å²) < 4.78 is 11.5. The van der Waals surface area contributed by atoms with Gasteiger partial charge in [0.25, 0.3) is 0 Å². The van der Waals surface area contributed by atoms with Gasteiger partial charge in [0.15, 0.2) is 5.78 Å². The molecule has 4 saturated carbocycles. The maximum absolute atomic E-state index is 13.0. The number of ketones is 1. The van der Waals surface area contributed by atoms with Gasteiger partial charge in [0.1, 0.15) is 5.60 Å². The molecule has 5 fully saturated rings. The first-order chi connectivity index (χ1) is 14.2. The SMILES string of the molecule is COC(=O)C1CC2=CC(=O)CCC2(C)C2CCC3(C)C(C4CC4C34CCC(=O)O4)C12. The molecule has 1 spiro atoms. The van der Waals surface area contributed by atoms with Gasteiger partial charge in [0.2, 0.25) is 0 Å². The van der Waals surface area contributed by atoms with Crippen molar-refractivity contribution >= 4 is 17.7 Å². The van der Waals surface area contributed by atoms with Gasteiger partial charge in [-0.2, -0.15) is 0 Å². The van der Waals surface area contributed by atoms with Gasteiger partial charge >= 0.3 is 11.9 Å². The van der Waals surface area contributed by atoms with Crippen molar-refractivity contribution in [2.24, 2.45) is 46.3 Å². The van der Waals surface area contributed by atoms with Crippen LogP contribution in [0.5, 0.6) is 0 Å². The molecular weight excluding hydrogens is 380 g/mol. The average molecular weight is 413 g/mol. The van der Waals surface area contributed by atoms with E-state index in [0.29, 0.717) is 42.9 Å². The number of rotatable bonds is 1. The van der Waals surface area contributed by atoms with Crippen molar-refractivity contribution in [2.75, 3.05) is 7.11 Å². The summed E-state index contributed by atoms with van der Waals surface area (Å²) in [4.78, 5) is 37.5. The van der Waals surface area contributed by atoms with E-state index in [1.54, 1.807) is 0 Å². The molecule has 6 rings (SSSR count). The highest BCUT2D eigenvalue weighted by Crippen LogP contribution is 2.79. The minimum Gasteiger partial charge on any atom is -0.469 e. The van der Waals surface area contributed by atoms with Crippen LogP contribution in [-0.2, 0) is 23.9 Å². The summed E-state index contributed by atoms with van der Waals surface area (Å²) >= 11 is 0. The Balaban J connectivity index is 1.46. The molecule has 5 heteroatoms. The van der Waals surface area contributed by atoms with E-state index in [9.17, 15) is 14.4 Å². The van der Waals surface area contributed by atoms with Crippen LogP contribution in [0.3, 0.4) is 0 Å². The van der Waals surface area contributed by atoms with Crippen LogP contribution in [0, 0.1) is 46.3 Å². The number of hydrogen-bond donors (Lipinski definition) is 0. The van der Waals surface area contributed by atoms with Crippen LogP contribution in [0.4, 0.5) is 0 Å². The number of fused-ring (bicyclic) bond motifs is 9. The highest BCUT2D eigenvalue weighted by Gasteiger charge is 2.80. The fourth-order valence-electron chi connectivity index (χ4n) is 9.30. The fourth-order valence-corrected chi connectivity index (χ4v) is 9.30. The number of carbonyl (C=O) groups is 3. The van der Waals surface area contributed by atoms with Gasteiger partial charge in [0.05, 0.1) is 13.0 Å². The second-order valence-electron chi connectivity index (χ2n) is 11.4. The lowest BCUT2D eigenvalue weighted by molar-refractivity contribution is -0.185. The van der Waals surface area contributed by atoms with Gasteiger partial charge in [-0.05, 0) is 73.7 Å². The summed E-state index contributed by atoms with van der Waals surface area (Å²) in [5.41, 5.74) is 0.801. The van der Waals surface area contributed by atoms with Gasteiger partial charge in [-0.3, -0.25) is 14.4 Å². The van der Waals surface area contributed by atoms with E-state index in [2.05, 4.69) is 13.8 Å². The molecule has 0 aromatic rings. The van der Waals surface area contributed by atoms with Crippen LogP contribution in [0.2, 0.25) is 0 Å². The van der Waals surface area contributed by atoms with Crippen molar-refractivity contribution < 1.29 is 23.9 Å². The summed E-state index contributed by atoms with van der Waals surface area (Å²) in [6.45, 7) is 4.69. The zero-order valence-corrected chi connectivity index (χ0v) is 18.2. The molecular formula is C25H32O5. The van der Waals surface area contributed by atoms with Crippen molar-refractivity contribution in [2.45, 2.75) is 70.8 Å². The van der Waals surface area contributed by atoms with Crippen LogP contribution in [0.15, 0.2) is 11.6 Å². The zero-order valence-electron chi connectivity index (χ0n) is 18.2. The second kappa shape index (κ2) is 5.77. The maximum Gasteiger partial charge on any atom is 0.309 e. The Kier molecular flexibility index (Phi) is 3.67. The molecule has 30 heavy (non-hydrogen) atoms. The summed E-state index contributed by atoms with van der Waals surface area (Å²) in [6, 6.07) is 0. The van der Waals surface area contributed by atoms with Crippen molar-refractivity contribution in [3.63, 3.8) is 0 Å². The van der Waals surface area contributed by atoms with E-state index in [-0.39, 0.29) is 46.0 Å². The Hall–Kier alpha value is -1.65. The highest BCUT2D eigenvalue weighted by molar-refractivity contribution is 5.92. The Morgan fingerprint density at radius 2 is 1.93 bits per heavy atom. The molecule has 6 aliphatic rings. The van der Waals surface area contributed by atoms with E-state index in [1.807, 2.05) is 6.08 Å². The van der Waals surface area contributed by atoms with Crippen molar-refractivity contribution in [3.8, 4) is 0 Å². The topological polar surface area (TPSA) is 69.7 Å². The number of ether oxygens (including phenoxy) is 2. The van der Waals surface area contributed by atoms with E-state index >= 15 is 0 Å². The second-order valence-corrected chi connectivity index (χ2v) is 11.4. The number of carbonyl (C=O) groups excluding carboxylic acids is 3. The molecule has 0 amide bonds. The van der Waals surface area contributed by atoms with E-state index < -0.39 is 0 Å². The molecule has 1 heterocycles. The monoisotopic (exact) mass is 412 g/mol. The number of hydrogen-bond acceptors (Lipinski definition) is 5. The molecule has 0 bridgehead atoms. The van der Waals surface area contributed by atoms with Crippen LogP contribution in [0.1, 0.15) is 65.2 Å². The molecule has 9 atom stereocenters. The van der Waals surface area contributed by atoms with E-state index in [4.69, 9.17) is 9.47 Å². The first kappa shape index (κ1) is 19.1. The van der Waals surface area contributed by atoms with Gasteiger partial charge < -0.3 is 9.47 Å². The number of allylic oxidation sites excluding steroid dienone is 1. The summed E-state index contributed by atoms with van der Waals surface area (Å²) in [5, 5.41) is 0. The van der Waals surface area contributed by atoms with Crippen LogP contribution in [-0.4, -0.2) is 30.4 Å². The molecule has 1 aliphatic heterocycles. The average Bonchev–Trinajstić information content (AvgIpc) is 3.36. The fraction of sp³-hybridized carbons (Fsp3) is 0.800. The minimum atomic E-state index is -0.315. The molecule has 0 N–H and O–H groups in total. The predicted octanol–water partition coefficient (Wildman–Crippen LogP) is 3.85. The molecule has 0 aromatic heterocycles. The van der Waals surface area contributed by atoms with Gasteiger partial charge in [-0.15, -0.1) is 0 Å². The van der Waals surface area contributed by atoms with Crippen LogP contribution >= 0.6 is 0 Å². The summed E-state index contributed by atoms with van der Waals surface area (Å²) in [7, 11) is 1.49. The first-order valence-electron chi connectivity index (χ1n) is 11.8. The van der Waals surface area contributed by atoms with Gasteiger partial charge in [0, 0.05) is 24.2 Å². The molecule has 162 valence electrons. The standard InChI is InChI=1S/C25H32O5/c1-23-7-4-14(26)10-13(23)11-16(22(28)29-3)20-17(23)5-8-24(2)21(20)15-12-18(15)25(24)9-6-19(27)30-25/h10,15-18,20-21H,4-9,11-12H2,1-3H3. The normalized spacial score (nSPS) is 53.2. The number of methoxy groups -OCH3 is 1. The third-order valence-corrected chi connectivity index (χ3v) is 10.6. The Bertz CT molecular complexity index is 890. The lowest BCUT2D eigenvalue weighted by Gasteiger charge is -2.61. The van der Waals surface area contributed by atoms with Crippen molar-refractivity contribution in [1.29, 1.82) is 0 Å². The predicted molar refractivity (Wildman–Crippen MR) is 108 cm³/mol. The molecule has 0 aromatic carbocycles.